The van der Waals surface area contributed by atoms with Crippen molar-refractivity contribution in [1.29, 1.82) is 0 Å². The first-order valence-corrected chi connectivity index (χ1v) is 5.92. The Morgan fingerprint density at radius 2 is 1.94 bits per heavy atom. The number of benzene rings is 1. The van der Waals surface area contributed by atoms with Gasteiger partial charge in [0.25, 0.3) is 0 Å². The molecule has 3 rings (SSSR count). The van der Waals surface area contributed by atoms with E-state index in [0.717, 1.165) is 29.2 Å². The van der Waals surface area contributed by atoms with E-state index in [2.05, 4.69) is 5.16 Å². The summed E-state index contributed by atoms with van der Waals surface area (Å²) in [5.41, 5.74) is 7.15. The van der Waals surface area contributed by atoms with E-state index in [4.69, 9.17) is 19.7 Å². The van der Waals surface area contributed by atoms with Gasteiger partial charge in [-0.2, -0.15) is 0 Å². The van der Waals surface area contributed by atoms with Crippen LogP contribution in [0.3, 0.4) is 0 Å². The summed E-state index contributed by atoms with van der Waals surface area (Å²) in [5, 5.41) is 3.87. The lowest BCUT2D eigenvalue weighted by Crippen LogP contribution is -1.97. The summed E-state index contributed by atoms with van der Waals surface area (Å²) in [6.45, 7) is 1.72. The zero-order valence-corrected chi connectivity index (χ0v) is 9.89. The SMILES string of the molecule is NCc1cc(-c2ccc3c(c2)OCCCO3)on1. The Labute approximate surface area is 104 Å². The fraction of sp³-hybridized carbons (Fsp3) is 0.308. The lowest BCUT2D eigenvalue weighted by molar-refractivity contribution is 0.297. The van der Waals surface area contributed by atoms with Gasteiger partial charge in [0.2, 0.25) is 0 Å². The second-order valence-electron chi connectivity index (χ2n) is 4.10. The minimum absolute atomic E-state index is 0.369. The van der Waals surface area contributed by atoms with Crippen LogP contribution in [-0.2, 0) is 6.54 Å². The van der Waals surface area contributed by atoms with Crippen molar-refractivity contribution in [3.63, 3.8) is 0 Å². The van der Waals surface area contributed by atoms with Crippen LogP contribution in [0, 0.1) is 0 Å². The number of fused-ring (bicyclic) bond motifs is 1. The number of rotatable bonds is 2. The first kappa shape index (κ1) is 11.1. The highest BCUT2D eigenvalue weighted by Gasteiger charge is 2.13. The van der Waals surface area contributed by atoms with Crippen molar-refractivity contribution in [3.05, 3.63) is 30.0 Å². The van der Waals surface area contributed by atoms with Gasteiger partial charge in [-0.05, 0) is 18.2 Å². The zero-order valence-electron chi connectivity index (χ0n) is 9.89. The largest absolute Gasteiger partial charge is 0.490 e. The van der Waals surface area contributed by atoms with Gasteiger partial charge in [-0.25, -0.2) is 0 Å². The molecule has 0 saturated carbocycles. The summed E-state index contributed by atoms with van der Waals surface area (Å²) in [6.07, 6.45) is 0.893. The summed E-state index contributed by atoms with van der Waals surface area (Å²) in [6, 6.07) is 7.55. The van der Waals surface area contributed by atoms with E-state index in [1.54, 1.807) is 0 Å². The molecule has 0 radical (unpaired) electrons. The van der Waals surface area contributed by atoms with Crippen molar-refractivity contribution in [1.82, 2.24) is 5.16 Å². The van der Waals surface area contributed by atoms with E-state index in [0.29, 0.717) is 25.5 Å². The van der Waals surface area contributed by atoms with Crippen LogP contribution in [0.15, 0.2) is 28.8 Å². The standard InChI is InChI=1S/C13H14N2O3/c14-8-10-7-12(18-15-10)9-2-3-11-13(6-9)17-5-1-4-16-11/h2-3,6-7H,1,4-5,8,14H2. The molecule has 1 aromatic heterocycles. The molecule has 2 heterocycles. The molecule has 0 unspecified atom stereocenters. The highest BCUT2D eigenvalue weighted by molar-refractivity contribution is 5.62. The van der Waals surface area contributed by atoms with Crippen LogP contribution in [0.4, 0.5) is 0 Å². The van der Waals surface area contributed by atoms with Gasteiger partial charge < -0.3 is 19.7 Å². The average Bonchev–Trinajstić information content (AvgIpc) is 2.76. The van der Waals surface area contributed by atoms with E-state index in [9.17, 15) is 0 Å². The molecule has 18 heavy (non-hydrogen) atoms. The number of hydrogen-bond acceptors (Lipinski definition) is 5. The van der Waals surface area contributed by atoms with Crippen molar-refractivity contribution in [3.8, 4) is 22.8 Å². The Morgan fingerprint density at radius 3 is 2.72 bits per heavy atom. The lowest BCUT2D eigenvalue weighted by atomic mass is 10.1. The predicted octanol–water partition coefficient (Wildman–Crippen LogP) is 1.96. The summed E-state index contributed by atoms with van der Waals surface area (Å²) < 4.78 is 16.4. The minimum atomic E-state index is 0.369. The van der Waals surface area contributed by atoms with E-state index in [1.165, 1.54) is 0 Å². The average molecular weight is 246 g/mol. The summed E-state index contributed by atoms with van der Waals surface area (Å²) in [7, 11) is 0. The second kappa shape index (κ2) is 4.70. The molecule has 0 bridgehead atoms. The van der Waals surface area contributed by atoms with Gasteiger partial charge in [-0.15, -0.1) is 0 Å². The monoisotopic (exact) mass is 246 g/mol. The molecule has 2 aromatic rings. The molecular weight excluding hydrogens is 232 g/mol. The van der Waals surface area contributed by atoms with E-state index < -0.39 is 0 Å². The maximum Gasteiger partial charge on any atom is 0.167 e. The fourth-order valence-corrected chi connectivity index (χ4v) is 1.86. The van der Waals surface area contributed by atoms with Crippen molar-refractivity contribution in [2.75, 3.05) is 13.2 Å². The maximum absolute atomic E-state index is 5.63. The molecule has 94 valence electrons. The molecule has 1 aromatic carbocycles. The van der Waals surface area contributed by atoms with Crippen molar-refractivity contribution in [2.24, 2.45) is 5.73 Å². The summed E-state index contributed by atoms with van der Waals surface area (Å²) >= 11 is 0. The van der Waals surface area contributed by atoms with Crippen LogP contribution < -0.4 is 15.2 Å². The van der Waals surface area contributed by atoms with Crippen LogP contribution in [-0.4, -0.2) is 18.4 Å². The second-order valence-corrected chi connectivity index (χ2v) is 4.10. The van der Waals surface area contributed by atoms with Crippen LogP contribution >= 0.6 is 0 Å². The highest BCUT2D eigenvalue weighted by atomic mass is 16.5. The first-order valence-electron chi connectivity index (χ1n) is 5.92. The molecule has 5 nitrogen and oxygen atoms in total. The predicted molar refractivity (Wildman–Crippen MR) is 65.4 cm³/mol. The van der Waals surface area contributed by atoms with Gasteiger partial charge in [0, 0.05) is 24.6 Å². The third-order valence-electron chi connectivity index (χ3n) is 2.80. The van der Waals surface area contributed by atoms with Gasteiger partial charge in [0.05, 0.1) is 18.9 Å². The normalized spacial score (nSPS) is 14.3. The highest BCUT2D eigenvalue weighted by Crippen LogP contribution is 2.34. The van der Waals surface area contributed by atoms with Crippen molar-refractivity contribution >= 4 is 0 Å². The smallest absolute Gasteiger partial charge is 0.167 e. The Hall–Kier alpha value is -2.01. The number of hydrogen-bond donors (Lipinski definition) is 1. The van der Waals surface area contributed by atoms with Crippen LogP contribution in [0.2, 0.25) is 0 Å². The van der Waals surface area contributed by atoms with Gasteiger partial charge >= 0.3 is 0 Å². The van der Waals surface area contributed by atoms with Gasteiger partial charge in [0.1, 0.15) is 0 Å². The molecule has 2 N–H and O–H groups in total. The molecule has 5 heteroatoms. The van der Waals surface area contributed by atoms with Crippen molar-refractivity contribution in [2.45, 2.75) is 13.0 Å². The molecule has 0 spiro atoms. The number of nitrogens with zero attached hydrogens (tertiary/aromatic N) is 1. The zero-order chi connectivity index (χ0) is 12.4. The van der Waals surface area contributed by atoms with E-state index in [1.807, 2.05) is 24.3 Å². The first-order chi connectivity index (χ1) is 8.86. The summed E-state index contributed by atoms with van der Waals surface area (Å²) in [4.78, 5) is 0. The molecule has 0 saturated heterocycles. The van der Waals surface area contributed by atoms with E-state index in [-0.39, 0.29) is 0 Å². The van der Waals surface area contributed by atoms with Gasteiger partial charge in [-0.3, -0.25) is 0 Å². The van der Waals surface area contributed by atoms with Gasteiger partial charge in [-0.1, -0.05) is 5.16 Å². The number of nitrogens with two attached hydrogens (primary N) is 1. The molecular formula is C13H14N2O3. The molecule has 1 aliphatic heterocycles. The molecule has 0 atom stereocenters. The topological polar surface area (TPSA) is 70.5 Å². The third kappa shape index (κ3) is 2.04. The maximum atomic E-state index is 5.63. The van der Waals surface area contributed by atoms with Crippen molar-refractivity contribution < 1.29 is 14.0 Å². The van der Waals surface area contributed by atoms with Crippen LogP contribution in [0.25, 0.3) is 11.3 Å². The fourth-order valence-electron chi connectivity index (χ4n) is 1.86. The Morgan fingerprint density at radius 1 is 1.11 bits per heavy atom. The molecule has 1 aliphatic rings. The van der Waals surface area contributed by atoms with Crippen LogP contribution in [0.5, 0.6) is 11.5 Å². The Bertz CT molecular complexity index is 551. The quantitative estimate of drug-likeness (QED) is 0.877. The Kier molecular flexibility index (Phi) is 2.90. The Balaban J connectivity index is 1.95. The lowest BCUT2D eigenvalue weighted by Gasteiger charge is -2.07. The van der Waals surface area contributed by atoms with Crippen LogP contribution in [0.1, 0.15) is 12.1 Å². The molecule has 0 fully saturated rings. The minimum Gasteiger partial charge on any atom is -0.490 e. The summed E-state index contributed by atoms with van der Waals surface area (Å²) in [5.74, 6) is 2.21. The van der Waals surface area contributed by atoms with Gasteiger partial charge in [0.15, 0.2) is 17.3 Å². The molecule has 0 aliphatic carbocycles. The number of aromatic nitrogens is 1. The molecule has 0 amide bonds. The number of ether oxygens (including phenoxy) is 2. The van der Waals surface area contributed by atoms with E-state index >= 15 is 0 Å². The third-order valence-corrected chi connectivity index (χ3v) is 2.80.